The zero-order valence-electron chi connectivity index (χ0n) is 19.0. The maximum absolute atomic E-state index is 12.4. The van der Waals surface area contributed by atoms with E-state index in [0.29, 0.717) is 25.8 Å². The van der Waals surface area contributed by atoms with Crippen LogP contribution in [0.4, 0.5) is 0 Å². The van der Waals surface area contributed by atoms with E-state index in [4.69, 9.17) is 5.11 Å². The molecule has 0 saturated carbocycles. The Morgan fingerprint density at radius 2 is 2.00 bits per heavy atom. The number of aromatic carboxylic acids is 1. The minimum atomic E-state index is -0.935. The first kappa shape index (κ1) is 24.3. The van der Waals surface area contributed by atoms with Crippen molar-refractivity contribution in [3.05, 3.63) is 83.4 Å². The van der Waals surface area contributed by atoms with Crippen LogP contribution in [0.2, 0.25) is 0 Å². The van der Waals surface area contributed by atoms with E-state index in [1.54, 1.807) is 24.3 Å². The molecular weight excluding hydrogens is 414 g/mol. The minimum absolute atomic E-state index is 0.00970. The van der Waals surface area contributed by atoms with Gasteiger partial charge in [0.2, 0.25) is 5.91 Å². The topological polar surface area (TPSA) is 77.8 Å². The van der Waals surface area contributed by atoms with Gasteiger partial charge in [-0.2, -0.15) is 0 Å². The Morgan fingerprint density at radius 1 is 1.21 bits per heavy atom. The Labute approximate surface area is 195 Å². The monoisotopic (exact) mass is 445 g/mol. The third-order valence-electron chi connectivity index (χ3n) is 5.96. The Hall–Kier alpha value is -3.36. The lowest BCUT2D eigenvalue weighted by atomic mass is 9.99. The van der Waals surface area contributed by atoms with Crippen molar-refractivity contribution >= 4 is 11.9 Å². The van der Waals surface area contributed by atoms with Gasteiger partial charge in [-0.15, -0.1) is 0 Å². The highest BCUT2D eigenvalue weighted by molar-refractivity contribution is 5.87. The first-order valence-corrected chi connectivity index (χ1v) is 11.5. The fourth-order valence-electron chi connectivity index (χ4n) is 3.95. The van der Waals surface area contributed by atoms with E-state index >= 15 is 0 Å². The van der Waals surface area contributed by atoms with Crippen molar-refractivity contribution in [3.63, 3.8) is 0 Å². The lowest BCUT2D eigenvalue weighted by molar-refractivity contribution is -0.128. The molecule has 0 spiro atoms. The summed E-state index contributed by atoms with van der Waals surface area (Å²) in [7, 11) is 0. The van der Waals surface area contributed by atoms with Crippen molar-refractivity contribution in [1.82, 2.24) is 4.90 Å². The molecule has 1 saturated heterocycles. The van der Waals surface area contributed by atoms with Gasteiger partial charge in [-0.25, -0.2) is 4.79 Å². The minimum Gasteiger partial charge on any atom is -0.478 e. The second-order valence-electron chi connectivity index (χ2n) is 8.53. The molecule has 3 atom stereocenters. The van der Waals surface area contributed by atoms with Gasteiger partial charge in [-0.3, -0.25) is 4.79 Å². The Morgan fingerprint density at radius 3 is 2.76 bits per heavy atom. The number of hydrogen-bond donors (Lipinski definition) is 2. The molecule has 1 heterocycles. The van der Waals surface area contributed by atoms with Crippen LogP contribution in [-0.4, -0.2) is 45.7 Å². The standard InChI is InChI=1S/C28H31NO4/c1-21(8-5-11-22-9-3-2-4-10-22)26(30)17-15-25-16-18-27(31)29(25)19-7-13-23-12-6-14-24(20-23)28(32)33/h2-4,6,9-10,12,14-15,17,20-21,25-26,30H,7-8,13,16,18-19H2,1H3,(H,32,33)/t21-,25-,26-/m0/s1. The average Bonchev–Trinajstić information content (AvgIpc) is 3.17. The molecule has 33 heavy (non-hydrogen) atoms. The highest BCUT2D eigenvalue weighted by Gasteiger charge is 2.28. The fraction of sp³-hybridized carbons (Fsp3) is 0.357. The summed E-state index contributed by atoms with van der Waals surface area (Å²) in [5.41, 5.74) is 2.20. The van der Waals surface area contributed by atoms with Gasteiger partial charge in [0.15, 0.2) is 0 Å². The van der Waals surface area contributed by atoms with E-state index in [9.17, 15) is 14.7 Å². The largest absolute Gasteiger partial charge is 0.478 e. The number of aryl methyl sites for hydroxylation is 1. The molecule has 0 unspecified atom stereocenters. The quantitative estimate of drug-likeness (QED) is 0.446. The average molecular weight is 446 g/mol. The molecule has 5 nitrogen and oxygen atoms in total. The zero-order valence-corrected chi connectivity index (χ0v) is 19.0. The van der Waals surface area contributed by atoms with E-state index in [1.165, 1.54) is 0 Å². The summed E-state index contributed by atoms with van der Waals surface area (Å²) in [6, 6.07) is 16.7. The van der Waals surface area contributed by atoms with E-state index in [-0.39, 0.29) is 23.4 Å². The molecule has 1 aliphatic rings. The number of aliphatic hydroxyl groups excluding tert-OH is 1. The molecule has 0 aromatic heterocycles. The molecular formula is C28H31NO4. The van der Waals surface area contributed by atoms with Crippen LogP contribution in [-0.2, 0) is 11.2 Å². The molecule has 1 fully saturated rings. The highest BCUT2D eigenvalue weighted by Crippen LogP contribution is 2.22. The molecule has 1 aliphatic heterocycles. The Bertz CT molecular complexity index is 1030. The lowest BCUT2D eigenvalue weighted by Crippen LogP contribution is -2.33. The second-order valence-corrected chi connectivity index (χ2v) is 8.53. The highest BCUT2D eigenvalue weighted by atomic mass is 16.4. The first-order chi connectivity index (χ1) is 15.9. The molecule has 0 aliphatic carbocycles. The van der Waals surface area contributed by atoms with E-state index in [1.807, 2.05) is 54.3 Å². The SMILES string of the molecule is C[C@@H](CC#Cc1ccccc1)[C@@H](O)C=C[C@H]1CCC(=O)N1CCCc1cccc(C(=O)O)c1. The van der Waals surface area contributed by atoms with Gasteiger partial charge in [0.05, 0.1) is 17.7 Å². The third kappa shape index (κ3) is 7.34. The number of benzene rings is 2. The molecule has 3 rings (SSSR count). The number of nitrogens with zero attached hydrogens (tertiary/aromatic N) is 1. The molecule has 2 aromatic rings. The number of carbonyl (C=O) groups is 2. The maximum Gasteiger partial charge on any atom is 0.335 e. The van der Waals surface area contributed by atoms with Gasteiger partial charge in [-0.05, 0) is 55.0 Å². The fourth-order valence-corrected chi connectivity index (χ4v) is 3.95. The van der Waals surface area contributed by atoms with Crippen LogP contribution in [0.5, 0.6) is 0 Å². The van der Waals surface area contributed by atoms with Crippen LogP contribution in [0.3, 0.4) is 0 Å². The molecule has 2 N–H and O–H groups in total. The Balaban J connectivity index is 1.49. The van der Waals surface area contributed by atoms with Crippen molar-refractivity contribution in [3.8, 4) is 11.8 Å². The normalized spacial score (nSPS) is 17.6. The number of hydrogen-bond acceptors (Lipinski definition) is 3. The van der Waals surface area contributed by atoms with Gasteiger partial charge < -0.3 is 15.1 Å². The number of carboxylic acids is 1. The van der Waals surface area contributed by atoms with Crippen molar-refractivity contribution < 1.29 is 19.8 Å². The smallest absolute Gasteiger partial charge is 0.335 e. The summed E-state index contributed by atoms with van der Waals surface area (Å²) < 4.78 is 0. The molecule has 1 amide bonds. The van der Waals surface area contributed by atoms with E-state index in [0.717, 1.165) is 24.0 Å². The van der Waals surface area contributed by atoms with Gasteiger partial charge in [0, 0.05) is 24.9 Å². The number of rotatable bonds is 9. The summed E-state index contributed by atoms with van der Waals surface area (Å²) in [5, 5.41) is 19.6. The Kier molecular flexibility index (Phi) is 8.86. The number of likely N-dealkylation sites (tertiary alicyclic amines) is 1. The van der Waals surface area contributed by atoms with Crippen LogP contribution in [0.25, 0.3) is 0 Å². The zero-order chi connectivity index (χ0) is 23.6. The predicted molar refractivity (Wildman–Crippen MR) is 129 cm³/mol. The predicted octanol–water partition coefficient (Wildman–Crippen LogP) is 4.30. The summed E-state index contributed by atoms with van der Waals surface area (Å²) in [4.78, 5) is 25.4. The summed E-state index contributed by atoms with van der Waals surface area (Å²) in [6.07, 6.45) is 6.43. The van der Waals surface area contributed by atoms with Crippen LogP contribution >= 0.6 is 0 Å². The van der Waals surface area contributed by atoms with Gasteiger partial charge in [-0.1, -0.05) is 61.2 Å². The van der Waals surface area contributed by atoms with Crippen LogP contribution in [0, 0.1) is 17.8 Å². The molecule has 0 radical (unpaired) electrons. The van der Waals surface area contributed by atoms with Gasteiger partial charge in [0.1, 0.15) is 0 Å². The second kappa shape index (κ2) is 12.0. The van der Waals surface area contributed by atoms with E-state index in [2.05, 4.69) is 11.8 Å². The van der Waals surface area contributed by atoms with Crippen molar-refractivity contribution in [1.29, 1.82) is 0 Å². The van der Waals surface area contributed by atoms with E-state index < -0.39 is 12.1 Å². The van der Waals surface area contributed by atoms with Gasteiger partial charge in [0.25, 0.3) is 0 Å². The summed E-state index contributed by atoms with van der Waals surface area (Å²) >= 11 is 0. The molecule has 2 aromatic carbocycles. The molecule has 5 heteroatoms. The van der Waals surface area contributed by atoms with Gasteiger partial charge >= 0.3 is 5.97 Å². The number of carbonyl (C=O) groups excluding carboxylic acids is 1. The van der Waals surface area contributed by atoms with Crippen molar-refractivity contribution in [2.24, 2.45) is 5.92 Å². The van der Waals surface area contributed by atoms with Crippen molar-refractivity contribution in [2.75, 3.05) is 6.54 Å². The van der Waals surface area contributed by atoms with Crippen LogP contribution < -0.4 is 0 Å². The number of carboxylic acid groups (broad SMARTS) is 1. The molecule has 172 valence electrons. The van der Waals surface area contributed by atoms with Crippen molar-refractivity contribution in [2.45, 2.75) is 51.2 Å². The maximum atomic E-state index is 12.4. The van der Waals surface area contributed by atoms with Crippen LogP contribution in [0.15, 0.2) is 66.7 Å². The lowest BCUT2D eigenvalue weighted by Gasteiger charge is -2.23. The third-order valence-corrected chi connectivity index (χ3v) is 5.96. The number of aliphatic hydroxyl groups is 1. The summed E-state index contributed by atoms with van der Waals surface area (Å²) in [5.74, 6) is 5.43. The van der Waals surface area contributed by atoms with Crippen LogP contribution in [0.1, 0.15) is 54.1 Å². The number of amides is 1. The summed E-state index contributed by atoms with van der Waals surface area (Å²) in [6.45, 7) is 2.58. The molecule has 0 bridgehead atoms. The first-order valence-electron chi connectivity index (χ1n) is 11.5.